The van der Waals surface area contributed by atoms with Crippen molar-refractivity contribution in [1.82, 2.24) is 0 Å². The van der Waals surface area contributed by atoms with Gasteiger partial charge in [-0.05, 0) is 46.5 Å². The molecule has 0 aromatic heterocycles. The minimum Gasteiger partial charge on any atom is -0.486 e. The Morgan fingerprint density at radius 3 is 2.62 bits per heavy atom. The molecule has 0 spiro atoms. The second-order valence-corrected chi connectivity index (χ2v) is 6.91. The van der Waals surface area contributed by atoms with Gasteiger partial charge in [0.15, 0.2) is 11.5 Å². The molecule has 5 heteroatoms. The number of rotatable bonds is 3. The molecular formula is C16H22BrNO3. The van der Waals surface area contributed by atoms with Crippen molar-refractivity contribution in [3.63, 3.8) is 0 Å². The standard InChI is InChI=1S/C16H22BrNO3/c17-12-8-11(9-13-14(12)21-7-6-20-13)15(19)16(10-18)4-2-1-3-5-16/h8-9,15,19H,1-7,10,18H2. The second-order valence-electron chi connectivity index (χ2n) is 6.06. The number of nitrogens with two attached hydrogens (primary N) is 1. The topological polar surface area (TPSA) is 64.7 Å². The highest BCUT2D eigenvalue weighted by atomic mass is 79.9. The molecule has 1 atom stereocenters. The van der Waals surface area contributed by atoms with Crippen LogP contribution in [0.5, 0.6) is 11.5 Å². The van der Waals surface area contributed by atoms with E-state index < -0.39 is 6.10 Å². The predicted molar refractivity (Wildman–Crippen MR) is 84.7 cm³/mol. The van der Waals surface area contributed by atoms with Crippen LogP contribution < -0.4 is 15.2 Å². The van der Waals surface area contributed by atoms with Crippen LogP contribution >= 0.6 is 15.9 Å². The minimum absolute atomic E-state index is 0.207. The lowest BCUT2D eigenvalue weighted by Crippen LogP contribution is -2.38. The number of fused-ring (bicyclic) bond motifs is 1. The van der Waals surface area contributed by atoms with E-state index in [1.54, 1.807) is 0 Å². The van der Waals surface area contributed by atoms with Crippen molar-refractivity contribution in [3.8, 4) is 11.5 Å². The van der Waals surface area contributed by atoms with E-state index in [9.17, 15) is 5.11 Å². The molecule has 1 aromatic carbocycles. The summed E-state index contributed by atoms with van der Waals surface area (Å²) in [6, 6.07) is 3.83. The zero-order valence-electron chi connectivity index (χ0n) is 12.1. The number of hydrogen-bond acceptors (Lipinski definition) is 4. The van der Waals surface area contributed by atoms with Gasteiger partial charge in [0.05, 0.1) is 10.6 Å². The van der Waals surface area contributed by atoms with Crippen LogP contribution in [0.3, 0.4) is 0 Å². The Morgan fingerprint density at radius 1 is 1.19 bits per heavy atom. The van der Waals surface area contributed by atoms with E-state index in [0.29, 0.717) is 25.5 Å². The number of halogens is 1. The Labute approximate surface area is 133 Å². The van der Waals surface area contributed by atoms with E-state index >= 15 is 0 Å². The first-order chi connectivity index (χ1) is 10.2. The summed E-state index contributed by atoms with van der Waals surface area (Å²) in [5, 5.41) is 10.9. The van der Waals surface area contributed by atoms with Gasteiger partial charge in [0.2, 0.25) is 0 Å². The van der Waals surface area contributed by atoms with Crippen LogP contribution in [0, 0.1) is 5.41 Å². The third-order valence-corrected chi connectivity index (χ3v) is 5.36. The summed E-state index contributed by atoms with van der Waals surface area (Å²) in [6.45, 7) is 1.61. The van der Waals surface area contributed by atoms with E-state index in [1.807, 2.05) is 12.1 Å². The van der Waals surface area contributed by atoms with E-state index in [4.69, 9.17) is 15.2 Å². The Morgan fingerprint density at radius 2 is 1.90 bits per heavy atom. The highest BCUT2D eigenvalue weighted by Gasteiger charge is 2.39. The summed E-state index contributed by atoms with van der Waals surface area (Å²) in [5.74, 6) is 1.43. The summed E-state index contributed by atoms with van der Waals surface area (Å²) in [4.78, 5) is 0. The van der Waals surface area contributed by atoms with Gasteiger partial charge in [-0.3, -0.25) is 0 Å². The predicted octanol–water partition coefficient (Wildman–Crippen LogP) is 3.16. The van der Waals surface area contributed by atoms with Gasteiger partial charge in [-0.1, -0.05) is 19.3 Å². The molecule has 1 saturated carbocycles. The van der Waals surface area contributed by atoms with Crippen LogP contribution in [0.25, 0.3) is 0 Å². The van der Waals surface area contributed by atoms with Crippen LogP contribution in [-0.2, 0) is 0 Å². The van der Waals surface area contributed by atoms with Crippen LogP contribution in [0.15, 0.2) is 16.6 Å². The number of aliphatic hydroxyl groups is 1. The van der Waals surface area contributed by atoms with Gasteiger partial charge in [-0.25, -0.2) is 0 Å². The molecule has 4 nitrogen and oxygen atoms in total. The molecular weight excluding hydrogens is 334 g/mol. The molecule has 116 valence electrons. The molecule has 21 heavy (non-hydrogen) atoms. The van der Waals surface area contributed by atoms with Crippen LogP contribution in [0.4, 0.5) is 0 Å². The number of benzene rings is 1. The van der Waals surface area contributed by atoms with E-state index in [0.717, 1.165) is 41.5 Å². The van der Waals surface area contributed by atoms with Crippen molar-refractivity contribution in [2.24, 2.45) is 11.1 Å². The van der Waals surface area contributed by atoms with Gasteiger partial charge < -0.3 is 20.3 Å². The largest absolute Gasteiger partial charge is 0.486 e. The first-order valence-electron chi connectivity index (χ1n) is 7.63. The molecule has 1 heterocycles. The Balaban J connectivity index is 1.93. The SMILES string of the molecule is NCC1(C(O)c2cc(Br)c3c(c2)OCCO3)CCCCC1. The fourth-order valence-corrected chi connectivity index (χ4v) is 4.06. The molecule has 2 aliphatic rings. The molecule has 1 aromatic rings. The Bertz CT molecular complexity index is 514. The highest BCUT2D eigenvalue weighted by molar-refractivity contribution is 9.10. The lowest BCUT2D eigenvalue weighted by molar-refractivity contribution is 0.000359. The van der Waals surface area contributed by atoms with E-state index in [1.165, 1.54) is 6.42 Å². The maximum atomic E-state index is 10.9. The zero-order chi connectivity index (χ0) is 14.9. The lowest BCUT2D eigenvalue weighted by atomic mass is 9.68. The molecule has 0 bridgehead atoms. The van der Waals surface area contributed by atoms with Gasteiger partial charge in [-0.2, -0.15) is 0 Å². The average Bonchev–Trinajstić information content (AvgIpc) is 2.54. The van der Waals surface area contributed by atoms with Gasteiger partial charge in [0.25, 0.3) is 0 Å². The summed E-state index contributed by atoms with van der Waals surface area (Å²) < 4.78 is 12.1. The van der Waals surface area contributed by atoms with Crippen LogP contribution in [0.1, 0.15) is 43.8 Å². The number of aliphatic hydroxyl groups excluding tert-OH is 1. The first kappa shape index (κ1) is 15.1. The normalized spacial score (nSPS) is 21.9. The van der Waals surface area contributed by atoms with Crippen LogP contribution in [0.2, 0.25) is 0 Å². The van der Waals surface area contributed by atoms with Crippen molar-refractivity contribution >= 4 is 15.9 Å². The minimum atomic E-state index is -0.560. The summed E-state index contributed by atoms with van der Waals surface area (Å²) in [6.07, 6.45) is 4.92. The maximum absolute atomic E-state index is 10.9. The smallest absolute Gasteiger partial charge is 0.175 e. The molecule has 1 aliphatic heterocycles. The van der Waals surface area contributed by atoms with Crippen molar-refractivity contribution in [3.05, 3.63) is 22.2 Å². The molecule has 0 amide bonds. The molecule has 1 aliphatic carbocycles. The average molecular weight is 356 g/mol. The van der Waals surface area contributed by atoms with Crippen molar-refractivity contribution in [2.75, 3.05) is 19.8 Å². The molecule has 3 N–H and O–H groups in total. The lowest BCUT2D eigenvalue weighted by Gasteiger charge is -2.40. The molecule has 1 fully saturated rings. The van der Waals surface area contributed by atoms with Gasteiger partial charge in [0.1, 0.15) is 13.2 Å². The molecule has 0 radical (unpaired) electrons. The zero-order valence-corrected chi connectivity index (χ0v) is 13.7. The molecule has 1 unspecified atom stereocenters. The van der Waals surface area contributed by atoms with Crippen molar-refractivity contribution in [1.29, 1.82) is 0 Å². The monoisotopic (exact) mass is 355 g/mol. The van der Waals surface area contributed by atoms with E-state index in [2.05, 4.69) is 15.9 Å². The Kier molecular flexibility index (Phi) is 4.43. The van der Waals surface area contributed by atoms with Crippen LogP contribution in [-0.4, -0.2) is 24.9 Å². The summed E-state index contributed by atoms with van der Waals surface area (Å²) >= 11 is 3.52. The third-order valence-electron chi connectivity index (χ3n) is 4.77. The van der Waals surface area contributed by atoms with Crippen molar-refractivity contribution in [2.45, 2.75) is 38.2 Å². The fraction of sp³-hybridized carbons (Fsp3) is 0.625. The molecule has 0 saturated heterocycles. The first-order valence-corrected chi connectivity index (χ1v) is 8.43. The van der Waals surface area contributed by atoms with Gasteiger partial charge in [-0.15, -0.1) is 0 Å². The third kappa shape index (κ3) is 2.79. The Hall–Kier alpha value is -0.780. The number of hydrogen-bond donors (Lipinski definition) is 2. The quantitative estimate of drug-likeness (QED) is 0.873. The molecule has 3 rings (SSSR count). The fourth-order valence-electron chi connectivity index (χ4n) is 3.49. The second kappa shape index (κ2) is 6.15. The van der Waals surface area contributed by atoms with Gasteiger partial charge in [0, 0.05) is 12.0 Å². The van der Waals surface area contributed by atoms with Gasteiger partial charge >= 0.3 is 0 Å². The van der Waals surface area contributed by atoms with E-state index in [-0.39, 0.29) is 5.41 Å². The summed E-state index contributed by atoms with van der Waals surface area (Å²) in [5.41, 5.74) is 6.68. The highest BCUT2D eigenvalue weighted by Crippen LogP contribution is 2.48. The van der Waals surface area contributed by atoms with Crippen molar-refractivity contribution < 1.29 is 14.6 Å². The number of ether oxygens (including phenoxy) is 2. The summed E-state index contributed by atoms with van der Waals surface area (Å²) in [7, 11) is 0. The maximum Gasteiger partial charge on any atom is 0.175 e.